The normalized spacial score (nSPS) is 12.1. The monoisotopic (exact) mass is 311 g/mol. The van der Waals surface area contributed by atoms with Crippen molar-refractivity contribution in [2.75, 3.05) is 0 Å². The van der Waals surface area contributed by atoms with Crippen molar-refractivity contribution >= 4 is 5.91 Å². The Hall–Kier alpha value is -3.03. The van der Waals surface area contributed by atoms with Gasteiger partial charge in [0, 0.05) is 11.3 Å². The number of carbonyl (C=O) groups excluding carboxylic acids is 1. The molecule has 0 aliphatic rings. The van der Waals surface area contributed by atoms with Crippen LogP contribution in [-0.2, 0) is 0 Å². The number of rotatable bonds is 4. The highest BCUT2D eigenvalue weighted by Crippen LogP contribution is 2.19. The average Bonchev–Trinajstić information content (AvgIpc) is 3.17. The summed E-state index contributed by atoms with van der Waals surface area (Å²) in [6, 6.07) is 5.07. The lowest BCUT2D eigenvalue weighted by atomic mass is 10.1. The summed E-state index contributed by atoms with van der Waals surface area (Å²) in [4.78, 5) is 16.8. The van der Waals surface area contributed by atoms with E-state index in [1.807, 2.05) is 20.8 Å². The van der Waals surface area contributed by atoms with Gasteiger partial charge < -0.3 is 5.32 Å². The molecule has 118 valence electrons. The molecular formula is C15H17N7O. The topological polar surface area (TPSA) is 101 Å². The zero-order valence-electron chi connectivity index (χ0n) is 13.1. The van der Waals surface area contributed by atoms with Crippen molar-refractivity contribution in [2.45, 2.75) is 26.8 Å². The van der Waals surface area contributed by atoms with Gasteiger partial charge in [0.05, 0.1) is 11.7 Å². The fourth-order valence-electron chi connectivity index (χ4n) is 2.55. The molecule has 8 nitrogen and oxygen atoms in total. The van der Waals surface area contributed by atoms with Gasteiger partial charge >= 0.3 is 0 Å². The number of H-pyrrole nitrogens is 1. The Morgan fingerprint density at radius 1 is 1.26 bits per heavy atom. The number of hydrogen-bond donors (Lipinski definition) is 2. The number of aromatic amines is 1. The summed E-state index contributed by atoms with van der Waals surface area (Å²) in [5.74, 6) is 0.346. The van der Waals surface area contributed by atoms with Gasteiger partial charge in [-0.25, -0.2) is 4.98 Å². The Balaban J connectivity index is 1.80. The lowest BCUT2D eigenvalue weighted by Gasteiger charge is -2.14. The van der Waals surface area contributed by atoms with Crippen LogP contribution in [0.3, 0.4) is 0 Å². The number of carbonyl (C=O) groups is 1. The van der Waals surface area contributed by atoms with Crippen LogP contribution in [0.25, 0.3) is 5.82 Å². The van der Waals surface area contributed by atoms with Crippen LogP contribution >= 0.6 is 0 Å². The van der Waals surface area contributed by atoms with Crippen LogP contribution in [0.4, 0.5) is 0 Å². The molecule has 0 fully saturated rings. The zero-order valence-corrected chi connectivity index (χ0v) is 13.1. The second kappa shape index (κ2) is 5.99. The van der Waals surface area contributed by atoms with Crippen LogP contribution in [0.15, 0.2) is 30.9 Å². The minimum atomic E-state index is -0.243. The molecule has 23 heavy (non-hydrogen) atoms. The first-order valence-corrected chi connectivity index (χ1v) is 7.20. The maximum absolute atomic E-state index is 12.4. The summed E-state index contributed by atoms with van der Waals surface area (Å²) >= 11 is 0. The molecular weight excluding hydrogens is 294 g/mol. The predicted octanol–water partition coefficient (Wildman–Crippen LogP) is 1.49. The summed E-state index contributed by atoms with van der Waals surface area (Å²) < 4.78 is 1.64. The van der Waals surface area contributed by atoms with Crippen LogP contribution < -0.4 is 5.32 Å². The Morgan fingerprint density at radius 2 is 2.00 bits per heavy atom. The van der Waals surface area contributed by atoms with Gasteiger partial charge in [0.2, 0.25) is 0 Å². The molecule has 3 heterocycles. The first kappa shape index (κ1) is 14.9. The van der Waals surface area contributed by atoms with Crippen LogP contribution in [0, 0.1) is 13.8 Å². The highest BCUT2D eigenvalue weighted by atomic mass is 16.1. The largest absolute Gasteiger partial charge is 0.344 e. The Kier molecular flexibility index (Phi) is 3.88. The van der Waals surface area contributed by atoms with Gasteiger partial charge in [0.1, 0.15) is 24.2 Å². The van der Waals surface area contributed by atoms with Crippen LogP contribution in [-0.4, -0.2) is 35.9 Å². The molecule has 1 amide bonds. The minimum Gasteiger partial charge on any atom is -0.344 e. The van der Waals surface area contributed by atoms with Crippen molar-refractivity contribution in [1.29, 1.82) is 0 Å². The summed E-state index contributed by atoms with van der Waals surface area (Å²) in [7, 11) is 0. The smallest absolute Gasteiger partial charge is 0.270 e. The Bertz CT molecular complexity index is 803. The first-order valence-electron chi connectivity index (χ1n) is 7.20. The fraction of sp³-hybridized carbons (Fsp3) is 0.267. The van der Waals surface area contributed by atoms with E-state index in [0.29, 0.717) is 11.5 Å². The van der Waals surface area contributed by atoms with Gasteiger partial charge in [-0.2, -0.15) is 5.10 Å². The molecule has 0 aromatic carbocycles. The zero-order chi connectivity index (χ0) is 16.4. The van der Waals surface area contributed by atoms with E-state index in [1.165, 1.54) is 12.7 Å². The number of nitrogens with one attached hydrogen (secondary N) is 2. The molecule has 3 aromatic rings. The highest BCUT2D eigenvalue weighted by molar-refractivity contribution is 5.92. The van der Waals surface area contributed by atoms with E-state index in [2.05, 4.69) is 30.7 Å². The predicted molar refractivity (Wildman–Crippen MR) is 83.1 cm³/mol. The van der Waals surface area contributed by atoms with Crippen LogP contribution in [0.5, 0.6) is 0 Å². The quantitative estimate of drug-likeness (QED) is 0.760. The molecule has 0 unspecified atom stereocenters. The second-order valence-corrected chi connectivity index (χ2v) is 5.29. The minimum absolute atomic E-state index is 0.165. The molecule has 0 saturated carbocycles. The maximum Gasteiger partial charge on any atom is 0.270 e. The molecule has 8 heteroatoms. The number of nitrogens with zero attached hydrogens (tertiary/aromatic N) is 5. The summed E-state index contributed by atoms with van der Waals surface area (Å²) in [6.07, 6.45) is 3.07. The fourth-order valence-corrected chi connectivity index (χ4v) is 2.55. The van der Waals surface area contributed by atoms with E-state index in [-0.39, 0.29) is 11.9 Å². The molecule has 0 spiro atoms. The number of pyridine rings is 1. The van der Waals surface area contributed by atoms with Crippen LogP contribution in [0.1, 0.15) is 40.4 Å². The summed E-state index contributed by atoms with van der Waals surface area (Å²) in [5, 5.41) is 17.5. The third-order valence-corrected chi connectivity index (χ3v) is 3.62. The van der Waals surface area contributed by atoms with Crippen molar-refractivity contribution in [3.8, 4) is 5.82 Å². The van der Waals surface area contributed by atoms with E-state index < -0.39 is 0 Å². The van der Waals surface area contributed by atoms with E-state index in [0.717, 1.165) is 17.0 Å². The summed E-state index contributed by atoms with van der Waals surface area (Å²) in [6.45, 7) is 5.77. The second-order valence-electron chi connectivity index (χ2n) is 5.29. The van der Waals surface area contributed by atoms with E-state index in [9.17, 15) is 4.79 Å². The average molecular weight is 311 g/mol. The lowest BCUT2D eigenvalue weighted by Crippen LogP contribution is -2.28. The van der Waals surface area contributed by atoms with Gasteiger partial charge in [-0.1, -0.05) is 6.07 Å². The Labute approximate surface area is 133 Å². The van der Waals surface area contributed by atoms with Gasteiger partial charge in [-0.3, -0.25) is 14.5 Å². The first-order chi connectivity index (χ1) is 11.1. The SMILES string of the molecule is Cc1n[nH]c(C)c1[C@H](C)NC(=O)c1cccc(-n2cnnc2)n1. The lowest BCUT2D eigenvalue weighted by molar-refractivity contribution is 0.0934. The van der Waals surface area contributed by atoms with Gasteiger partial charge in [-0.05, 0) is 32.9 Å². The molecule has 0 radical (unpaired) electrons. The number of hydrogen-bond acceptors (Lipinski definition) is 5. The standard InChI is InChI=1S/C15H17N7O/c1-9(14-10(2)20-21-11(14)3)18-15(23)12-5-4-6-13(19-12)22-7-16-17-8-22/h4-9H,1-3H3,(H,18,23)(H,20,21)/t9-/m0/s1. The number of aromatic nitrogens is 6. The molecule has 0 aliphatic heterocycles. The summed E-state index contributed by atoms with van der Waals surface area (Å²) in [5.41, 5.74) is 3.15. The molecule has 3 aromatic heterocycles. The van der Waals surface area contributed by atoms with Gasteiger partial charge in [-0.15, -0.1) is 10.2 Å². The molecule has 1 atom stereocenters. The van der Waals surface area contributed by atoms with Crippen molar-refractivity contribution in [3.05, 3.63) is 53.5 Å². The van der Waals surface area contributed by atoms with Crippen molar-refractivity contribution in [1.82, 2.24) is 35.3 Å². The molecule has 0 saturated heterocycles. The molecule has 2 N–H and O–H groups in total. The molecule has 0 bridgehead atoms. The third kappa shape index (κ3) is 2.96. The van der Waals surface area contributed by atoms with E-state index in [1.54, 1.807) is 22.8 Å². The van der Waals surface area contributed by atoms with E-state index >= 15 is 0 Å². The van der Waals surface area contributed by atoms with Gasteiger partial charge in [0.15, 0.2) is 0 Å². The van der Waals surface area contributed by atoms with Crippen molar-refractivity contribution in [2.24, 2.45) is 0 Å². The Morgan fingerprint density at radius 3 is 2.65 bits per heavy atom. The van der Waals surface area contributed by atoms with Crippen LogP contribution in [0.2, 0.25) is 0 Å². The van der Waals surface area contributed by atoms with Crippen molar-refractivity contribution < 1.29 is 4.79 Å². The maximum atomic E-state index is 12.4. The van der Waals surface area contributed by atoms with Crippen molar-refractivity contribution in [3.63, 3.8) is 0 Å². The van der Waals surface area contributed by atoms with Gasteiger partial charge in [0.25, 0.3) is 5.91 Å². The van der Waals surface area contributed by atoms with E-state index in [4.69, 9.17) is 0 Å². The number of aryl methyl sites for hydroxylation is 2. The number of amides is 1. The molecule has 0 aliphatic carbocycles. The third-order valence-electron chi connectivity index (χ3n) is 3.62. The molecule has 3 rings (SSSR count). The highest BCUT2D eigenvalue weighted by Gasteiger charge is 2.18.